The van der Waals surface area contributed by atoms with E-state index >= 15 is 0 Å². The van der Waals surface area contributed by atoms with E-state index in [-0.39, 0.29) is 5.75 Å². The van der Waals surface area contributed by atoms with Gasteiger partial charge in [0.25, 0.3) is 0 Å². The van der Waals surface area contributed by atoms with E-state index in [4.69, 9.17) is 4.42 Å². The molecule has 0 spiro atoms. The highest BCUT2D eigenvalue weighted by Gasteiger charge is 2.24. The molecule has 0 aromatic carbocycles. The zero-order valence-corrected chi connectivity index (χ0v) is 14.2. The van der Waals surface area contributed by atoms with Crippen molar-refractivity contribution < 1.29 is 9.52 Å². The Labute approximate surface area is 138 Å². The fraction of sp³-hybridized carbons (Fsp3) is 0.562. The van der Waals surface area contributed by atoms with E-state index in [1.165, 1.54) is 30.7 Å². The molecular weight excluding hydrogens is 314 g/mol. The van der Waals surface area contributed by atoms with Gasteiger partial charge in [-0.2, -0.15) is 0 Å². The number of rotatable bonds is 4. The van der Waals surface area contributed by atoms with Crippen molar-refractivity contribution in [2.75, 3.05) is 0 Å². The summed E-state index contributed by atoms with van der Waals surface area (Å²) in [5, 5.41) is 18.6. The van der Waals surface area contributed by atoms with Crippen molar-refractivity contribution in [3.05, 3.63) is 34.1 Å². The van der Waals surface area contributed by atoms with Gasteiger partial charge >= 0.3 is 0 Å². The first kappa shape index (κ1) is 16.1. The highest BCUT2D eigenvalue weighted by Crippen LogP contribution is 2.35. The Hall–Kier alpha value is -1.76. The molecule has 1 fully saturated rings. The molecule has 124 valence electrons. The molecule has 0 saturated heterocycles. The third-order valence-electron chi connectivity index (χ3n) is 4.32. The fourth-order valence-electron chi connectivity index (χ4n) is 3.16. The molecule has 6 nitrogen and oxygen atoms in total. The molecule has 0 amide bonds. The van der Waals surface area contributed by atoms with Gasteiger partial charge in [-0.05, 0) is 25.7 Å². The molecule has 0 radical (unpaired) electrons. The van der Waals surface area contributed by atoms with Gasteiger partial charge in [-0.3, -0.25) is 4.79 Å². The summed E-state index contributed by atoms with van der Waals surface area (Å²) in [6, 6.07) is 1.77. The van der Waals surface area contributed by atoms with E-state index in [0.717, 1.165) is 36.0 Å². The molecule has 2 heterocycles. The van der Waals surface area contributed by atoms with Gasteiger partial charge in [-0.25, -0.2) is 0 Å². The van der Waals surface area contributed by atoms with Crippen molar-refractivity contribution in [3.63, 3.8) is 0 Å². The lowest BCUT2D eigenvalue weighted by Gasteiger charge is -2.29. The summed E-state index contributed by atoms with van der Waals surface area (Å²) in [5.74, 6) is 2.29. The largest absolute Gasteiger partial charge is 0.502 e. The molecule has 2 aromatic heterocycles. The minimum Gasteiger partial charge on any atom is -0.502 e. The fourth-order valence-corrected chi connectivity index (χ4v) is 4.10. The molecule has 0 unspecified atom stereocenters. The zero-order valence-electron chi connectivity index (χ0n) is 13.4. The number of aromatic hydroxyl groups is 1. The maximum atomic E-state index is 11.5. The normalized spacial score (nSPS) is 21.5. The summed E-state index contributed by atoms with van der Waals surface area (Å²) in [5.41, 5.74) is -0.425. The van der Waals surface area contributed by atoms with Crippen LogP contribution in [0.1, 0.15) is 50.2 Å². The molecule has 1 aliphatic carbocycles. The highest BCUT2D eigenvalue weighted by molar-refractivity contribution is 7.98. The molecule has 0 bridgehead atoms. The van der Waals surface area contributed by atoms with Gasteiger partial charge in [0.05, 0.1) is 5.75 Å². The Balaban J connectivity index is 1.75. The van der Waals surface area contributed by atoms with Crippen LogP contribution in [0.15, 0.2) is 26.7 Å². The second-order valence-electron chi connectivity index (χ2n) is 6.21. The Bertz CT molecular complexity index is 740. The predicted octanol–water partition coefficient (Wildman–Crippen LogP) is 3.29. The minimum atomic E-state index is -0.425. The van der Waals surface area contributed by atoms with Crippen molar-refractivity contribution in [1.82, 2.24) is 14.8 Å². The third kappa shape index (κ3) is 3.60. The summed E-state index contributed by atoms with van der Waals surface area (Å²) in [4.78, 5) is 11.5. The molecule has 1 saturated carbocycles. The van der Waals surface area contributed by atoms with E-state index in [1.54, 1.807) is 0 Å². The summed E-state index contributed by atoms with van der Waals surface area (Å²) < 4.78 is 7.46. The summed E-state index contributed by atoms with van der Waals surface area (Å²) in [6.07, 6.45) is 5.92. The van der Waals surface area contributed by atoms with E-state index in [2.05, 4.69) is 21.7 Å². The average molecular weight is 335 g/mol. The first-order chi connectivity index (χ1) is 11.0. The van der Waals surface area contributed by atoms with Gasteiger partial charge in [0, 0.05) is 12.1 Å². The van der Waals surface area contributed by atoms with Crippen LogP contribution in [0.3, 0.4) is 0 Å². The van der Waals surface area contributed by atoms with Crippen LogP contribution >= 0.6 is 11.8 Å². The summed E-state index contributed by atoms with van der Waals surface area (Å²) >= 11 is 1.51. The molecule has 1 N–H and O–H groups in total. The molecule has 23 heavy (non-hydrogen) atoms. The van der Waals surface area contributed by atoms with Gasteiger partial charge < -0.3 is 14.1 Å². The standard InChI is InChI=1S/C16H21N3O3S/c1-10-4-3-5-12(6-10)19-11(2)17-18-16(19)23-9-13-7-14(20)15(21)8-22-13/h7-8,10,12,21H,3-6,9H2,1-2H3/t10-,12-/m1/s1. The van der Waals surface area contributed by atoms with Crippen LogP contribution in [-0.2, 0) is 5.75 Å². The zero-order chi connectivity index (χ0) is 16.4. The van der Waals surface area contributed by atoms with E-state index in [0.29, 0.717) is 17.6 Å². The van der Waals surface area contributed by atoms with Crippen LogP contribution in [0.4, 0.5) is 0 Å². The maximum absolute atomic E-state index is 11.5. The second-order valence-corrected chi connectivity index (χ2v) is 7.15. The van der Waals surface area contributed by atoms with Gasteiger partial charge in [-0.1, -0.05) is 31.5 Å². The van der Waals surface area contributed by atoms with Crippen molar-refractivity contribution in [3.8, 4) is 5.75 Å². The van der Waals surface area contributed by atoms with E-state index < -0.39 is 5.43 Å². The lowest BCUT2D eigenvalue weighted by Crippen LogP contribution is -2.19. The number of thioether (sulfide) groups is 1. The first-order valence-electron chi connectivity index (χ1n) is 7.89. The Morgan fingerprint density at radius 3 is 3.00 bits per heavy atom. The number of nitrogens with zero attached hydrogens (tertiary/aromatic N) is 3. The monoisotopic (exact) mass is 335 g/mol. The van der Waals surface area contributed by atoms with Crippen molar-refractivity contribution in [2.24, 2.45) is 5.92 Å². The number of aromatic nitrogens is 3. The lowest BCUT2D eigenvalue weighted by atomic mass is 9.87. The lowest BCUT2D eigenvalue weighted by molar-refractivity contribution is 0.268. The molecule has 2 aromatic rings. The van der Waals surface area contributed by atoms with Crippen LogP contribution in [0, 0.1) is 12.8 Å². The van der Waals surface area contributed by atoms with Gasteiger partial charge in [0.2, 0.25) is 5.43 Å². The quantitative estimate of drug-likeness (QED) is 0.864. The number of aryl methyl sites for hydroxylation is 1. The smallest absolute Gasteiger partial charge is 0.226 e. The first-order valence-corrected chi connectivity index (χ1v) is 8.88. The van der Waals surface area contributed by atoms with Crippen LogP contribution < -0.4 is 5.43 Å². The number of hydrogen-bond donors (Lipinski definition) is 1. The highest BCUT2D eigenvalue weighted by atomic mass is 32.2. The Morgan fingerprint density at radius 1 is 1.43 bits per heavy atom. The minimum absolute atomic E-state index is 0.367. The molecule has 2 atom stereocenters. The van der Waals surface area contributed by atoms with Crippen molar-refractivity contribution in [1.29, 1.82) is 0 Å². The van der Waals surface area contributed by atoms with Crippen LogP contribution in [0.2, 0.25) is 0 Å². The summed E-state index contributed by atoms with van der Waals surface area (Å²) in [6.45, 7) is 4.28. The van der Waals surface area contributed by atoms with Crippen molar-refractivity contribution in [2.45, 2.75) is 56.5 Å². The topological polar surface area (TPSA) is 81.2 Å². The van der Waals surface area contributed by atoms with Crippen LogP contribution in [0.5, 0.6) is 5.75 Å². The third-order valence-corrected chi connectivity index (χ3v) is 5.28. The van der Waals surface area contributed by atoms with Crippen LogP contribution in [0.25, 0.3) is 0 Å². The SMILES string of the molecule is Cc1nnc(SCc2cc(=O)c(O)co2)n1[C@@H]1CCC[C@@H](C)C1. The maximum Gasteiger partial charge on any atom is 0.226 e. The molecule has 7 heteroatoms. The van der Waals surface area contributed by atoms with Crippen molar-refractivity contribution >= 4 is 11.8 Å². The molecule has 1 aliphatic rings. The number of hydrogen-bond acceptors (Lipinski definition) is 6. The Morgan fingerprint density at radius 2 is 2.26 bits per heavy atom. The molecule has 3 rings (SSSR count). The van der Waals surface area contributed by atoms with Gasteiger partial charge in [-0.15, -0.1) is 10.2 Å². The predicted molar refractivity (Wildman–Crippen MR) is 87.6 cm³/mol. The van der Waals surface area contributed by atoms with Crippen LogP contribution in [-0.4, -0.2) is 19.9 Å². The van der Waals surface area contributed by atoms with Gasteiger partial charge in [0.1, 0.15) is 17.8 Å². The Kier molecular flexibility index (Phi) is 4.75. The summed E-state index contributed by atoms with van der Waals surface area (Å²) in [7, 11) is 0. The van der Waals surface area contributed by atoms with E-state index in [9.17, 15) is 9.90 Å². The molecule has 0 aliphatic heterocycles. The average Bonchev–Trinajstić information content (AvgIpc) is 2.89. The second kappa shape index (κ2) is 6.78. The molecular formula is C16H21N3O3S. The van der Waals surface area contributed by atoms with Gasteiger partial charge in [0.15, 0.2) is 10.9 Å². The van der Waals surface area contributed by atoms with E-state index in [1.807, 2.05) is 6.92 Å².